The Morgan fingerprint density at radius 3 is 2.90 bits per heavy atom. The highest BCUT2D eigenvalue weighted by Gasteiger charge is 2.32. The number of amides is 2. The molecule has 1 atom stereocenters. The Morgan fingerprint density at radius 1 is 1.38 bits per heavy atom. The predicted octanol–water partition coefficient (Wildman–Crippen LogP) is 1.39. The molecule has 0 radical (unpaired) electrons. The lowest BCUT2D eigenvalue weighted by molar-refractivity contribution is -0.141. The number of likely N-dealkylation sites (tertiary alicyclic amines) is 2. The molecule has 21 heavy (non-hydrogen) atoms. The van der Waals surface area contributed by atoms with Crippen LogP contribution in [0.25, 0.3) is 0 Å². The Bertz CT molecular complexity index is 540. The topological polar surface area (TPSA) is 69.3 Å². The van der Waals surface area contributed by atoms with Crippen molar-refractivity contribution >= 4 is 11.8 Å². The van der Waals surface area contributed by atoms with Crippen molar-refractivity contribution in [1.82, 2.24) is 20.0 Å². The van der Waals surface area contributed by atoms with Gasteiger partial charge < -0.3 is 9.80 Å². The first-order chi connectivity index (χ1) is 10.2. The second-order valence-corrected chi connectivity index (χ2v) is 5.98. The van der Waals surface area contributed by atoms with E-state index in [1.54, 1.807) is 11.1 Å². The first-order valence-corrected chi connectivity index (χ1v) is 7.74. The van der Waals surface area contributed by atoms with Crippen LogP contribution in [0.2, 0.25) is 0 Å². The van der Waals surface area contributed by atoms with E-state index in [-0.39, 0.29) is 24.4 Å². The molecule has 114 valence electrons. The molecule has 0 saturated carbocycles. The van der Waals surface area contributed by atoms with E-state index < -0.39 is 0 Å². The summed E-state index contributed by atoms with van der Waals surface area (Å²) in [6, 6.07) is 0.0754. The number of carbonyl (C=O) groups excluding carboxylic acids is 2. The third-order valence-corrected chi connectivity index (χ3v) is 4.52. The minimum atomic E-state index is 0.0592. The lowest BCUT2D eigenvalue weighted by Gasteiger charge is -2.36. The van der Waals surface area contributed by atoms with Crippen LogP contribution in [0.5, 0.6) is 0 Å². The number of aryl methyl sites for hydroxylation is 1. The average Bonchev–Trinajstić information content (AvgIpc) is 3.08. The van der Waals surface area contributed by atoms with E-state index >= 15 is 0 Å². The van der Waals surface area contributed by atoms with Crippen molar-refractivity contribution in [2.24, 2.45) is 0 Å². The Kier molecular flexibility index (Phi) is 3.94. The van der Waals surface area contributed by atoms with Crippen LogP contribution in [-0.4, -0.2) is 51.4 Å². The highest BCUT2D eigenvalue weighted by molar-refractivity contribution is 5.86. The summed E-state index contributed by atoms with van der Waals surface area (Å²) < 4.78 is 0. The monoisotopic (exact) mass is 290 g/mol. The predicted molar refractivity (Wildman–Crippen MR) is 77.4 cm³/mol. The zero-order chi connectivity index (χ0) is 14.8. The van der Waals surface area contributed by atoms with E-state index in [4.69, 9.17) is 0 Å². The van der Waals surface area contributed by atoms with Crippen LogP contribution in [0.1, 0.15) is 49.4 Å². The number of aromatic nitrogens is 2. The fourth-order valence-corrected chi connectivity index (χ4v) is 3.35. The maximum absolute atomic E-state index is 12.6. The molecule has 3 rings (SSSR count). The molecule has 1 aromatic rings. The van der Waals surface area contributed by atoms with E-state index in [0.29, 0.717) is 13.0 Å². The maximum atomic E-state index is 12.6. The smallest absolute Gasteiger partial charge is 0.242 e. The number of piperidine rings is 1. The van der Waals surface area contributed by atoms with Gasteiger partial charge in [0.25, 0.3) is 0 Å². The molecule has 0 unspecified atom stereocenters. The van der Waals surface area contributed by atoms with Gasteiger partial charge in [-0.15, -0.1) is 0 Å². The van der Waals surface area contributed by atoms with Crippen molar-refractivity contribution in [2.75, 3.05) is 19.6 Å². The van der Waals surface area contributed by atoms with Gasteiger partial charge in [-0.2, -0.15) is 5.10 Å². The molecule has 2 aliphatic rings. The van der Waals surface area contributed by atoms with E-state index in [9.17, 15) is 9.59 Å². The highest BCUT2D eigenvalue weighted by Crippen LogP contribution is 2.31. The van der Waals surface area contributed by atoms with Crippen molar-refractivity contribution in [3.05, 3.63) is 17.5 Å². The molecular weight excluding hydrogens is 268 g/mol. The molecule has 2 fully saturated rings. The summed E-state index contributed by atoms with van der Waals surface area (Å²) in [5.41, 5.74) is 2.13. The van der Waals surface area contributed by atoms with Gasteiger partial charge in [0.05, 0.1) is 24.5 Å². The number of nitrogens with zero attached hydrogens (tertiary/aromatic N) is 3. The van der Waals surface area contributed by atoms with Gasteiger partial charge in [-0.25, -0.2) is 0 Å². The van der Waals surface area contributed by atoms with Crippen LogP contribution in [0, 0.1) is 6.92 Å². The van der Waals surface area contributed by atoms with Gasteiger partial charge in [0.1, 0.15) is 0 Å². The molecule has 0 aliphatic carbocycles. The molecular formula is C15H22N4O2. The highest BCUT2D eigenvalue weighted by atomic mass is 16.2. The van der Waals surface area contributed by atoms with Gasteiger partial charge in [0.2, 0.25) is 11.8 Å². The van der Waals surface area contributed by atoms with Crippen molar-refractivity contribution in [1.29, 1.82) is 0 Å². The molecule has 0 bridgehead atoms. The summed E-state index contributed by atoms with van der Waals surface area (Å²) in [7, 11) is 0. The van der Waals surface area contributed by atoms with Crippen LogP contribution >= 0.6 is 0 Å². The van der Waals surface area contributed by atoms with Gasteiger partial charge in [0, 0.05) is 19.5 Å². The molecule has 2 amide bonds. The Hall–Kier alpha value is -1.85. The lowest BCUT2D eigenvalue weighted by Crippen LogP contribution is -2.44. The van der Waals surface area contributed by atoms with Crippen molar-refractivity contribution in [3.63, 3.8) is 0 Å². The van der Waals surface area contributed by atoms with Gasteiger partial charge >= 0.3 is 0 Å². The van der Waals surface area contributed by atoms with E-state index in [2.05, 4.69) is 10.2 Å². The summed E-state index contributed by atoms with van der Waals surface area (Å²) in [5, 5.41) is 7.12. The molecule has 1 N–H and O–H groups in total. The quantitative estimate of drug-likeness (QED) is 0.914. The molecule has 6 heteroatoms. The maximum Gasteiger partial charge on any atom is 0.242 e. The van der Waals surface area contributed by atoms with Crippen molar-refractivity contribution in [2.45, 2.75) is 45.1 Å². The largest absolute Gasteiger partial charge is 0.333 e. The second-order valence-electron chi connectivity index (χ2n) is 5.98. The average molecular weight is 290 g/mol. The summed E-state index contributed by atoms with van der Waals surface area (Å²) in [5.74, 6) is 0.165. The molecule has 0 spiro atoms. The summed E-state index contributed by atoms with van der Waals surface area (Å²) in [6.45, 7) is 3.72. The summed E-state index contributed by atoms with van der Waals surface area (Å²) >= 11 is 0. The number of rotatable bonds is 3. The Morgan fingerprint density at radius 2 is 2.24 bits per heavy atom. The number of H-pyrrole nitrogens is 1. The zero-order valence-corrected chi connectivity index (χ0v) is 12.5. The molecule has 2 saturated heterocycles. The van der Waals surface area contributed by atoms with Crippen LogP contribution in [0.3, 0.4) is 0 Å². The number of carbonyl (C=O) groups is 2. The fraction of sp³-hybridized carbons (Fsp3) is 0.667. The van der Waals surface area contributed by atoms with E-state index in [1.165, 1.54) is 0 Å². The van der Waals surface area contributed by atoms with Crippen molar-refractivity contribution < 1.29 is 9.59 Å². The number of hydrogen-bond donors (Lipinski definition) is 1. The third kappa shape index (κ3) is 2.80. The van der Waals surface area contributed by atoms with Crippen LogP contribution in [-0.2, 0) is 9.59 Å². The third-order valence-electron chi connectivity index (χ3n) is 4.52. The van der Waals surface area contributed by atoms with Crippen LogP contribution in [0.4, 0.5) is 0 Å². The molecule has 0 aromatic carbocycles. The normalized spacial score (nSPS) is 22.9. The van der Waals surface area contributed by atoms with Crippen LogP contribution < -0.4 is 0 Å². The van der Waals surface area contributed by atoms with Crippen LogP contribution in [0.15, 0.2) is 6.20 Å². The zero-order valence-electron chi connectivity index (χ0n) is 12.5. The molecule has 6 nitrogen and oxygen atoms in total. The number of hydrogen-bond acceptors (Lipinski definition) is 3. The first kappa shape index (κ1) is 14.1. The molecule has 1 aromatic heterocycles. The van der Waals surface area contributed by atoms with E-state index in [1.807, 2.05) is 11.8 Å². The second kappa shape index (κ2) is 5.87. The Balaban J connectivity index is 1.73. The first-order valence-electron chi connectivity index (χ1n) is 7.74. The fourth-order valence-electron chi connectivity index (χ4n) is 3.35. The van der Waals surface area contributed by atoms with Gasteiger partial charge in [-0.05, 0) is 38.2 Å². The summed E-state index contributed by atoms with van der Waals surface area (Å²) in [6.07, 6.45) is 6.36. The Labute approximate surface area is 124 Å². The van der Waals surface area contributed by atoms with Gasteiger partial charge in [0.15, 0.2) is 0 Å². The lowest BCUT2D eigenvalue weighted by atomic mass is 9.97. The standard InChI is InChI=1S/C15H22N4O2/c1-11-9-16-17-15(11)12-5-2-3-8-19(12)14(21)10-18-7-4-6-13(18)20/h9,12H,2-8,10H2,1H3,(H,16,17)/t12-/m0/s1. The summed E-state index contributed by atoms with van der Waals surface area (Å²) in [4.78, 5) is 27.9. The number of aromatic amines is 1. The minimum absolute atomic E-state index is 0.0592. The van der Waals surface area contributed by atoms with E-state index in [0.717, 1.165) is 43.5 Å². The van der Waals surface area contributed by atoms with Gasteiger partial charge in [-0.3, -0.25) is 14.7 Å². The SMILES string of the molecule is Cc1cn[nH]c1[C@@H]1CCCCN1C(=O)CN1CCCC1=O. The number of nitrogens with one attached hydrogen (secondary N) is 1. The van der Waals surface area contributed by atoms with Gasteiger partial charge in [-0.1, -0.05) is 0 Å². The molecule has 2 aliphatic heterocycles. The minimum Gasteiger partial charge on any atom is -0.333 e. The molecule has 3 heterocycles. The van der Waals surface area contributed by atoms with Crippen molar-refractivity contribution in [3.8, 4) is 0 Å².